The lowest BCUT2D eigenvalue weighted by Crippen LogP contribution is -2.10. The van der Waals surface area contributed by atoms with Crippen molar-refractivity contribution in [1.29, 1.82) is 0 Å². The van der Waals surface area contributed by atoms with Gasteiger partial charge in [0.25, 0.3) is 0 Å². The van der Waals surface area contributed by atoms with Crippen molar-refractivity contribution in [1.82, 2.24) is 9.78 Å². The van der Waals surface area contributed by atoms with Gasteiger partial charge in [-0.2, -0.15) is 5.10 Å². The van der Waals surface area contributed by atoms with Gasteiger partial charge >= 0.3 is 0 Å². The van der Waals surface area contributed by atoms with Gasteiger partial charge in [0.05, 0.1) is 10.7 Å². The van der Waals surface area contributed by atoms with Crippen LogP contribution in [0.4, 0.5) is 0 Å². The molecule has 18 heavy (non-hydrogen) atoms. The second-order valence-electron chi connectivity index (χ2n) is 4.79. The minimum absolute atomic E-state index is 0.0877. The fourth-order valence-electron chi connectivity index (χ4n) is 2.39. The van der Waals surface area contributed by atoms with E-state index in [4.69, 9.17) is 0 Å². The Hall–Kier alpha value is -0.900. The Morgan fingerprint density at radius 2 is 2.17 bits per heavy atom. The topological polar surface area (TPSA) is 34.9 Å². The van der Waals surface area contributed by atoms with Crippen LogP contribution in [0.25, 0.3) is 0 Å². The highest BCUT2D eigenvalue weighted by molar-refractivity contribution is 9.10. The number of allylic oxidation sites excluding steroid dienone is 2. The molecule has 1 aliphatic carbocycles. The average molecular weight is 311 g/mol. The maximum atomic E-state index is 12.3. The summed E-state index contributed by atoms with van der Waals surface area (Å²) in [6.07, 6.45) is 10.4. The molecular weight excluding hydrogens is 292 g/mol. The first kappa shape index (κ1) is 13.5. The van der Waals surface area contributed by atoms with Gasteiger partial charge in [0.15, 0.2) is 0 Å². The molecular formula is C14H19BrN2O. The molecule has 0 atom stereocenters. The van der Waals surface area contributed by atoms with Crippen molar-refractivity contribution in [3.8, 4) is 0 Å². The number of aryl methyl sites for hydroxylation is 1. The van der Waals surface area contributed by atoms with E-state index in [0.29, 0.717) is 5.69 Å². The van der Waals surface area contributed by atoms with Gasteiger partial charge in [-0.25, -0.2) is 0 Å². The van der Waals surface area contributed by atoms with E-state index in [9.17, 15) is 4.79 Å². The van der Waals surface area contributed by atoms with Crippen LogP contribution in [-0.2, 0) is 6.54 Å². The predicted molar refractivity (Wildman–Crippen MR) is 75.7 cm³/mol. The normalized spacial score (nSPS) is 15.8. The molecule has 0 unspecified atom stereocenters. The van der Waals surface area contributed by atoms with Gasteiger partial charge in [-0.3, -0.25) is 9.48 Å². The lowest BCUT2D eigenvalue weighted by molar-refractivity contribution is 0.103. The van der Waals surface area contributed by atoms with E-state index in [1.54, 1.807) is 10.9 Å². The van der Waals surface area contributed by atoms with E-state index in [0.717, 1.165) is 30.3 Å². The quantitative estimate of drug-likeness (QED) is 0.619. The second-order valence-corrected chi connectivity index (χ2v) is 5.65. The van der Waals surface area contributed by atoms with Crippen LogP contribution >= 0.6 is 15.9 Å². The number of rotatable bonds is 4. The van der Waals surface area contributed by atoms with Crippen LogP contribution in [0.1, 0.15) is 55.9 Å². The molecule has 98 valence electrons. The van der Waals surface area contributed by atoms with Gasteiger partial charge in [0.2, 0.25) is 5.78 Å². The monoisotopic (exact) mass is 310 g/mol. The Kier molecular flexibility index (Phi) is 4.75. The highest BCUT2D eigenvalue weighted by Gasteiger charge is 2.16. The average Bonchev–Trinajstić information content (AvgIpc) is 2.72. The molecule has 0 amide bonds. The summed E-state index contributed by atoms with van der Waals surface area (Å²) in [5.74, 6) is 0.0877. The Bertz CT molecular complexity index is 454. The maximum absolute atomic E-state index is 12.3. The zero-order valence-corrected chi connectivity index (χ0v) is 12.4. The third kappa shape index (κ3) is 3.10. The van der Waals surface area contributed by atoms with E-state index in [1.165, 1.54) is 24.8 Å². The van der Waals surface area contributed by atoms with Crippen molar-refractivity contribution in [3.63, 3.8) is 0 Å². The van der Waals surface area contributed by atoms with Crippen molar-refractivity contribution >= 4 is 21.7 Å². The minimum atomic E-state index is 0.0877. The lowest BCUT2D eigenvalue weighted by Gasteiger charge is -2.13. The molecule has 0 spiro atoms. The summed E-state index contributed by atoms with van der Waals surface area (Å²) in [5, 5.41) is 4.24. The molecule has 0 saturated heterocycles. The molecule has 0 aromatic carbocycles. The van der Waals surface area contributed by atoms with Crippen LogP contribution in [-0.4, -0.2) is 15.6 Å². The first-order valence-corrected chi connectivity index (χ1v) is 7.46. The van der Waals surface area contributed by atoms with Gasteiger partial charge in [-0.05, 0) is 54.1 Å². The lowest BCUT2D eigenvalue weighted by atomic mass is 9.94. The smallest absolute Gasteiger partial charge is 0.204 e. The predicted octanol–water partition coefficient (Wildman–Crippen LogP) is 4.13. The highest BCUT2D eigenvalue weighted by Crippen LogP contribution is 2.24. The molecule has 0 bridgehead atoms. The number of halogens is 1. The molecule has 4 heteroatoms. The summed E-state index contributed by atoms with van der Waals surface area (Å²) in [5.41, 5.74) is 1.98. The molecule has 0 N–H and O–H groups in total. The Morgan fingerprint density at radius 3 is 2.83 bits per heavy atom. The molecule has 0 aliphatic heterocycles. The second kappa shape index (κ2) is 6.32. The SMILES string of the molecule is CCCn1ncc(Br)c1C(=O)C=C1CCCCC1. The number of hydrogen-bond donors (Lipinski definition) is 0. The molecule has 1 fully saturated rings. The fraction of sp³-hybridized carbons (Fsp3) is 0.571. The first-order chi connectivity index (χ1) is 8.72. The molecule has 0 radical (unpaired) electrons. The van der Waals surface area contributed by atoms with E-state index in [1.807, 2.05) is 6.08 Å². The van der Waals surface area contributed by atoms with Crippen LogP contribution in [0.3, 0.4) is 0 Å². The number of ketones is 1. The number of hydrogen-bond acceptors (Lipinski definition) is 2. The molecule has 3 nitrogen and oxygen atoms in total. The van der Waals surface area contributed by atoms with Gasteiger partial charge in [-0.15, -0.1) is 0 Å². The zero-order valence-electron chi connectivity index (χ0n) is 10.8. The number of carbonyl (C=O) groups excluding carboxylic acids is 1. The van der Waals surface area contributed by atoms with Crippen LogP contribution in [0.2, 0.25) is 0 Å². The number of aromatic nitrogens is 2. The first-order valence-electron chi connectivity index (χ1n) is 6.67. The van der Waals surface area contributed by atoms with Gasteiger partial charge in [0.1, 0.15) is 5.69 Å². The van der Waals surface area contributed by atoms with E-state index in [2.05, 4.69) is 28.0 Å². The van der Waals surface area contributed by atoms with E-state index >= 15 is 0 Å². The molecule has 1 saturated carbocycles. The maximum Gasteiger partial charge on any atom is 0.204 e. The van der Waals surface area contributed by atoms with Gasteiger partial charge in [0, 0.05) is 6.54 Å². The van der Waals surface area contributed by atoms with Crippen LogP contribution in [0, 0.1) is 0 Å². The largest absolute Gasteiger partial charge is 0.288 e. The fourth-order valence-corrected chi connectivity index (χ4v) is 2.88. The molecule has 2 rings (SSSR count). The molecule has 1 aromatic heterocycles. The Labute approximate surface area is 116 Å². The van der Waals surface area contributed by atoms with E-state index in [-0.39, 0.29) is 5.78 Å². The Morgan fingerprint density at radius 1 is 1.44 bits per heavy atom. The summed E-state index contributed by atoms with van der Waals surface area (Å²) < 4.78 is 2.60. The van der Waals surface area contributed by atoms with Crippen molar-refractivity contribution in [2.24, 2.45) is 0 Å². The van der Waals surface area contributed by atoms with Crippen molar-refractivity contribution < 1.29 is 4.79 Å². The molecule has 1 aromatic rings. The third-order valence-electron chi connectivity index (χ3n) is 3.29. The number of carbonyl (C=O) groups is 1. The van der Waals surface area contributed by atoms with Crippen molar-refractivity contribution in [2.45, 2.75) is 52.0 Å². The molecule has 1 aliphatic rings. The number of nitrogens with zero attached hydrogens (tertiary/aromatic N) is 2. The summed E-state index contributed by atoms with van der Waals surface area (Å²) in [7, 11) is 0. The third-order valence-corrected chi connectivity index (χ3v) is 3.87. The minimum Gasteiger partial charge on any atom is -0.288 e. The van der Waals surface area contributed by atoms with Crippen LogP contribution < -0.4 is 0 Å². The van der Waals surface area contributed by atoms with Crippen LogP contribution in [0.15, 0.2) is 22.3 Å². The summed E-state index contributed by atoms with van der Waals surface area (Å²) in [6.45, 7) is 2.87. The van der Waals surface area contributed by atoms with Crippen LogP contribution in [0.5, 0.6) is 0 Å². The summed E-state index contributed by atoms with van der Waals surface area (Å²) in [6, 6.07) is 0. The van der Waals surface area contributed by atoms with E-state index < -0.39 is 0 Å². The Balaban J connectivity index is 2.19. The van der Waals surface area contributed by atoms with Gasteiger partial charge in [-0.1, -0.05) is 18.9 Å². The van der Waals surface area contributed by atoms with Crippen molar-refractivity contribution in [2.75, 3.05) is 0 Å². The zero-order chi connectivity index (χ0) is 13.0. The highest BCUT2D eigenvalue weighted by atomic mass is 79.9. The van der Waals surface area contributed by atoms with Crippen molar-refractivity contribution in [3.05, 3.63) is 28.0 Å². The standard InChI is InChI=1S/C14H19BrN2O/c1-2-8-17-14(12(15)10-16-17)13(18)9-11-6-4-3-5-7-11/h9-10H,2-8H2,1H3. The summed E-state index contributed by atoms with van der Waals surface area (Å²) in [4.78, 5) is 12.3. The van der Waals surface area contributed by atoms with Gasteiger partial charge < -0.3 is 0 Å². The summed E-state index contributed by atoms with van der Waals surface area (Å²) >= 11 is 3.42. The molecule has 1 heterocycles.